The zero-order chi connectivity index (χ0) is 12.4. The fourth-order valence-electron chi connectivity index (χ4n) is 1.31. The fraction of sp³-hybridized carbons (Fsp3) is 0.100. The van der Waals surface area contributed by atoms with Crippen LogP contribution in [0.5, 0.6) is 0 Å². The topological polar surface area (TPSA) is 68.1 Å². The minimum atomic E-state index is -0.540. The SMILES string of the molecule is Cc1cccc(Nc2nc(Cl)c([N+](=O)[O-])s2)c1. The van der Waals surface area contributed by atoms with Crippen LogP contribution in [0.15, 0.2) is 24.3 Å². The van der Waals surface area contributed by atoms with E-state index in [0.29, 0.717) is 5.13 Å². The average molecular weight is 270 g/mol. The molecule has 0 aliphatic rings. The predicted molar refractivity (Wildman–Crippen MR) is 68.2 cm³/mol. The van der Waals surface area contributed by atoms with Gasteiger partial charge in [-0.1, -0.05) is 23.7 Å². The second-order valence-electron chi connectivity index (χ2n) is 3.37. The van der Waals surface area contributed by atoms with Crippen LogP contribution in [-0.2, 0) is 0 Å². The lowest BCUT2D eigenvalue weighted by Crippen LogP contribution is -1.88. The number of nitrogens with zero attached hydrogens (tertiary/aromatic N) is 2. The summed E-state index contributed by atoms with van der Waals surface area (Å²) >= 11 is 6.57. The summed E-state index contributed by atoms with van der Waals surface area (Å²) in [4.78, 5) is 14.0. The molecular formula is C10H8ClN3O2S. The molecule has 1 heterocycles. The van der Waals surface area contributed by atoms with Gasteiger partial charge in [0.2, 0.25) is 5.15 Å². The lowest BCUT2D eigenvalue weighted by atomic mass is 10.2. The molecule has 2 rings (SSSR count). The molecule has 88 valence electrons. The second-order valence-corrected chi connectivity index (χ2v) is 4.70. The Hall–Kier alpha value is -1.66. The van der Waals surface area contributed by atoms with Gasteiger partial charge in [0.15, 0.2) is 5.13 Å². The molecular weight excluding hydrogens is 262 g/mol. The molecule has 0 unspecified atom stereocenters. The van der Waals surface area contributed by atoms with Crippen molar-refractivity contribution in [2.45, 2.75) is 6.92 Å². The molecule has 17 heavy (non-hydrogen) atoms. The van der Waals surface area contributed by atoms with Crippen molar-refractivity contribution in [1.82, 2.24) is 4.98 Å². The van der Waals surface area contributed by atoms with Crippen molar-refractivity contribution in [3.05, 3.63) is 45.1 Å². The third-order valence-electron chi connectivity index (χ3n) is 2.00. The number of aromatic nitrogens is 1. The van der Waals surface area contributed by atoms with Gasteiger partial charge in [-0.2, -0.15) is 0 Å². The molecule has 0 fully saturated rings. The van der Waals surface area contributed by atoms with Gasteiger partial charge in [-0.25, -0.2) is 4.98 Å². The van der Waals surface area contributed by atoms with E-state index in [1.807, 2.05) is 31.2 Å². The number of hydrogen-bond donors (Lipinski definition) is 1. The number of thiazole rings is 1. The van der Waals surface area contributed by atoms with E-state index in [1.165, 1.54) is 0 Å². The van der Waals surface area contributed by atoms with E-state index in [-0.39, 0.29) is 10.2 Å². The predicted octanol–water partition coefficient (Wildman–Crippen LogP) is 3.76. The van der Waals surface area contributed by atoms with E-state index in [0.717, 1.165) is 22.6 Å². The first-order valence-electron chi connectivity index (χ1n) is 4.70. The Kier molecular flexibility index (Phi) is 3.26. The van der Waals surface area contributed by atoms with Gasteiger partial charge in [0, 0.05) is 5.69 Å². The number of nitrogens with one attached hydrogen (secondary N) is 1. The maximum Gasteiger partial charge on any atom is 0.364 e. The van der Waals surface area contributed by atoms with Crippen LogP contribution in [0, 0.1) is 17.0 Å². The molecule has 1 N–H and O–H groups in total. The van der Waals surface area contributed by atoms with Crippen LogP contribution in [0.1, 0.15) is 5.56 Å². The molecule has 0 atom stereocenters. The summed E-state index contributed by atoms with van der Waals surface area (Å²) in [6, 6.07) is 7.62. The van der Waals surface area contributed by atoms with Crippen LogP contribution in [0.3, 0.4) is 0 Å². The van der Waals surface area contributed by atoms with Crippen LogP contribution >= 0.6 is 22.9 Å². The van der Waals surface area contributed by atoms with E-state index >= 15 is 0 Å². The standard InChI is InChI=1S/C10H8ClN3O2S/c1-6-3-2-4-7(5-6)12-10-13-8(11)9(17-10)14(15)16/h2-5H,1H3,(H,12,13). The van der Waals surface area contributed by atoms with Crippen LogP contribution in [0.4, 0.5) is 15.8 Å². The minimum absolute atomic E-state index is 0.0878. The van der Waals surface area contributed by atoms with Gasteiger partial charge in [0.1, 0.15) is 0 Å². The highest BCUT2D eigenvalue weighted by molar-refractivity contribution is 7.19. The number of hydrogen-bond acceptors (Lipinski definition) is 5. The highest BCUT2D eigenvalue weighted by Gasteiger charge is 2.19. The van der Waals surface area contributed by atoms with Gasteiger partial charge in [0.05, 0.1) is 4.92 Å². The molecule has 0 aliphatic carbocycles. The molecule has 0 saturated heterocycles. The van der Waals surface area contributed by atoms with E-state index in [4.69, 9.17) is 11.6 Å². The molecule has 0 spiro atoms. The summed E-state index contributed by atoms with van der Waals surface area (Å²) < 4.78 is 0. The Morgan fingerprint density at radius 2 is 2.29 bits per heavy atom. The van der Waals surface area contributed by atoms with Crippen LogP contribution in [0.2, 0.25) is 5.15 Å². The summed E-state index contributed by atoms with van der Waals surface area (Å²) in [5, 5.41) is 13.8. The van der Waals surface area contributed by atoms with Gasteiger partial charge in [0.25, 0.3) is 0 Å². The maximum atomic E-state index is 10.6. The minimum Gasteiger partial charge on any atom is -0.331 e. The second kappa shape index (κ2) is 4.68. The first kappa shape index (κ1) is 11.8. The van der Waals surface area contributed by atoms with Gasteiger partial charge in [-0.05, 0) is 36.0 Å². The summed E-state index contributed by atoms with van der Waals surface area (Å²) in [5.41, 5.74) is 1.91. The van der Waals surface area contributed by atoms with E-state index in [9.17, 15) is 10.1 Å². The van der Waals surface area contributed by atoms with Crippen molar-refractivity contribution in [3.63, 3.8) is 0 Å². The number of aryl methyl sites for hydroxylation is 1. The van der Waals surface area contributed by atoms with E-state index in [2.05, 4.69) is 10.3 Å². The fourth-order valence-corrected chi connectivity index (χ4v) is 2.32. The first-order chi connectivity index (χ1) is 8.06. The molecule has 7 heteroatoms. The van der Waals surface area contributed by atoms with Gasteiger partial charge in [-0.15, -0.1) is 0 Å². The van der Waals surface area contributed by atoms with Crippen molar-refractivity contribution in [1.29, 1.82) is 0 Å². The number of rotatable bonds is 3. The molecule has 1 aromatic heterocycles. The Labute approximate surface area is 106 Å². The molecule has 1 aromatic carbocycles. The Balaban J connectivity index is 2.25. The quantitative estimate of drug-likeness (QED) is 0.680. The van der Waals surface area contributed by atoms with E-state index in [1.54, 1.807) is 0 Å². The molecule has 0 aliphatic heterocycles. The smallest absolute Gasteiger partial charge is 0.331 e. The third-order valence-corrected chi connectivity index (χ3v) is 3.30. The molecule has 0 radical (unpaired) electrons. The van der Waals surface area contributed by atoms with Crippen LogP contribution in [-0.4, -0.2) is 9.91 Å². The highest BCUT2D eigenvalue weighted by atomic mass is 35.5. The normalized spacial score (nSPS) is 10.2. The summed E-state index contributed by atoms with van der Waals surface area (Å²) in [7, 11) is 0. The van der Waals surface area contributed by atoms with Crippen molar-refractivity contribution in [2.75, 3.05) is 5.32 Å². The summed E-state index contributed by atoms with van der Waals surface area (Å²) in [6.45, 7) is 1.96. The lowest BCUT2D eigenvalue weighted by molar-refractivity contribution is -0.380. The van der Waals surface area contributed by atoms with Crippen LogP contribution < -0.4 is 5.32 Å². The maximum absolute atomic E-state index is 10.6. The average Bonchev–Trinajstić information content (AvgIpc) is 2.59. The largest absolute Gasteiger partial charge is 0.364 e. The molecule has 0 bridgehead atoms. The van der Waals surface area contributed by atoms with Gasteiger partial charge >= 0.3 is 5.00 Å². The number of halogens is 1. The summed E-state index contributed by atoms with van der Waals surface area (Å²) in [6.07, 6.45) is 0. The van der Waals surface area contributed by atoms with Gasteiger partial charge < -0.3 is 5.32 Å². The number of nitro groups is 1. The Bertz CT molecular complexity index is 570. The molecule has 2 aromatic rings. The Morgan fingerprint density at radius 1 is 1.53 bits per heavy atom. The Morgan fingerprint density at radius 3 is 2.88 bits per heavy atom. The van der Waals surface area contributed by atoms with Crippen molar-refractivity contribution >= 4 is 38.8 Å². The zero-order valence-corrected chi connectivity index (χ0v) is 10.4. The lowest BCUT2D eigenvalue weighted by Gasteiger charge is -2.02. The molecule has 0 saturated carbocycles. The number of benzene rings is 1. The zero-order valence-electron chi connectivity index (χ0n) is 8.81. The van der Waals surface area contributed by atoms with Gasteiger partial charge in [-0.3, -0.25) is 10.1 Å². The monoisotopic (exact) mass is 269 g/mol. The van der Waals surface area contributed by atoms with Crippen molar-refractivity contribution in [3.8, 4) is 0 Å². The van der Waals surface area contributed by atoms with Crippen molar-refractivity contribution < 1.29 is 4.92 Å². The van der Waals surface area contributed by atoms with Crippen molar-refractivity contribution in [2.24, 2.45) is 0 Å². The van der Waals surface area contributed by atoms with Crippen LogP contribution in [0.25, 0.3) is 0 Å². The third kappa shape index (κ3) is 2.72. The summed E-state index contributed by atoms with van der Waals surface area (Å²) in [5.74, 6) is 0. The first-order valence-corrected chi connectivity index (χ1v) is 5.90. The van der Waals surface area contributed by atoms with E-state index < -0.39 is 4.92 Å². The molecule has 0 amide bonds. The number of anilines is 2. The molecule has 5 nitrogen and oxygen atoms in total. The highest BCUT2D eigenvalue weighted by Crippen LogP contribution is 2.35.